The molecular formula is C20H24N4O3. The van der Waals surface area contributed by atoms with Crippen LogP contribution in [0.1, 0.15) is 25.8 Å². The van der Waals surface area contributed by atoms with E-state index in [0.717, 1.165) is 16.5 Å². The number of nitrogens with one attached hydrogen (secondary N) is 3. The number of H-pyrrole nitrogens is 1. The third-order valence-electron chi connectivity index (χ3n) is 4.14. The lowest BCUT2D eigenvalue weighted by molar-refractivity contribution is -0.141. The Labute approximate surface area is 158 Å². The van der Waals surface area contributed by atoms with Gasteiger partial charge >= 0.3 is 5.97 Å². The summed E-state index contributed by atoms with van der Waals surface area (Å²) in [4.78, 5) is 26.6. The zero-order valence-electron chi connectivity index (χ0n) is 15.5. The molecule has 1 unspecified atom stereocenters. The maximum absolute atomic E-state index is 12.2. The van der Waals surface area contributed by atoms with Crippen molar-refractivity contribution in [2.45, 2.75) is 32.7 Å². The molecule has 4 N–H and O–H groups in total. The number of aromatic nitrogens is 1. The Balaban J connectivity index is 1.92. The molecule has 0 aliphatic rings. The van der Waals surface area contributed by atoms with Gasteiger partial charge in [-0.2, -0.15) is 5.26 Å². The van der Waals surface area contributed by atoms with Gasteiger partial charge in [-0.1, -0.05) is 32.0 Å². The molecule has 1 aromatic carbocycles. The fourth-order valence-electron chi connectivity index (χ4n) is 2.80. The molecule has 0 spiro atoms. The first-order chi connectivity index (χ1) is 12.9. The number of carboxylic acid groups (broad SMARTS) is 1. The minimum absolute atomic E-state index is 0.107. The van der Waals surface area contributed by atoms with E-state index < -0.39 is 17.9 Å². The van der Waals surface area contributed by atoms with Crippen molar-refractivity contribution in [2.24, 2.45) is 5.92 Å². The second kappa shape index (κ2) is 9.43. The molecule has 1 amide bonds. The molecule has 0 bridgehead atoms. The molecule has 7 nitrogen and oxygen atoms in total. The number of nitrogens with zero attached hydrogens (tertiary/aromatic N) is 1. The second-order valence-corrected chi connectivity index (χ2v) is 6.73. The van der Waals surface area contributed by atoms with Crippen molar-refractivity contribution in [3.05, 3.63) is 47.8 Å². The summed E-state index contributed by atoms with van der Waals surface area (Å²) in [5.41, 5.74) is 2.05. The molecule has 142 valence electrons. The highest BCUT2D eigenvalue weighted by molar-refractivity contribution is 5.99. The van der Waals surface area contributed by atoms with Crippen molar-refractivity contribution in [2.75, 3.05) is 6.54 Å². The predicted octanol–water partition coefficient (Wildman–Crippen LogP) is 2.32. The first-order valence-corrected chi connectivity index (χ1v) is 8.84. The van der Waals surface area contributed by atoms with E-state index in [-0.39, 0.29) is 11.5 Å². The minimum atomic E-state index is -1.11. The molecule has 27 heavy (non-hydrogen) atoms. The number of carbonyl (C=O) groups is 2. The van der Waals surface area contributed by atoms with Crippen LogP contribution in [0.4, 0.5) is 0 Å². The first kappa shape index (κ1) is 20.0. The van der Waals surface area contributed by atoms with Crippen molar-refractivity contribution in [3.8, 4) is 6.07 Å². The van der Waals surface area contributed by atoms with Gasteiger partial charge in [0, 0.05) is 29.8 Å². The summed E-state index contributed by atoms with van der Waals surface area (Å²) in [5, 5.41) is 24.9. The average Bonchev–Trinajstić information content (AvgIpc) is 3.04. The van der Waals surface area contributed by atoms with Gasteiger partial charge in [0.1, 0.15) is 17.7 Å². The van der Waals surface area contributed by atoms with E-state index in [9.17, 15) is 20.0 Å². The van der Waals surface area contributed by atoms with Gasteiger partial charge in [0.15, 0.2) is 0 Å². The zero-order valence-corrected chi connectivity index (χ0v) is 15.5. The molecule has 1 aromatic heterocycles. The van der Waals surface area contributed by atoms with Crippen LogP contribution in [0.15, 0.2) is 42.2 Å². The highest BCUT2D eigenvalue weighted by atomic mass is 16.4. The molecule has 0 aliphatic carbocycles. The summed E-state index contributed by atoms with van der Waals surface area (Å²) in [6.07, 6.45) is 4.29. The number of hydrogen-bond acceptors (Lipinski definition) is 4. The smallest absolute Gasteiger partial charge is 0.326 e. The van der Waals surface area contributed by atoms with Gasteiger partial charge in [0.2, 0.25) is 0 Å². The molecule has 7 heteroatoms. The largest absolute Gasteiger partial charge is 0.480 e. The van der Waals surface area contributed by atoms with Crippen LogP contribution in [0.25, 0.3) is 10.9 Å². The summed E-state index contributed by atoms with van der Waals surface area (Å²) >= 11 is 0. The number of rotatable bonds is 9. The number of para-hydroxylation sites is 1. The number of amides is 1. The second-order valence-electron chi connectivity index (χ2n) is 6.73. The molecule has 0 radical (unpaired) electrons. The topological polar surface area (TPSA) is 118 Å². The van der Waals surface area contributed by atoms with E-state index >= 15 is 0 Å². The van der Waals surface area contributed by atoms with Crippen LogP contribution in [0.5, 0.6) is 0 Å². The third kappa shape index (κ3) is 5.61. The SMILES string of the molecule is CC(C)CC(NC(=O)/C(C#N)=C\NCCc1c[nH]c2ccccc12)C(=O)O. The maximum Gasteiger partial charge on any atom is 0.326 e. The van der Waals surface area contributed by atoms with Crippen LogP contribution in [0.2, 0.25) is 0 Å². The van der Waals surface area contributed by atoms with Gasteiger partial charge in [0.05, 0.1) is 0 Å². The number of aromatic amines is 1. The van der Waals surface area contributed by atoms with E-state index in [0.29, 0.717) is 19.4 Å². The zero-order chi connectivity index (χ0) is 19.8. The van der Waals surface area contributed by atoms with Crippen molar-refractivity contribution in [1.82, 2.24) is 15.6 Å². The number of carboxylic acids is 1. The molecule has 0 aliphatic heterocycles. The van der Waals surface area contributed by atoms with Gasteiger partial charge < -0.3 is 20.7 Å². The minimum Gasteiger partial charge on any atom is -0.480 e. The van der Waals surface area contributed by atoms with Gasteiger partial charge in [0.25, 0.3) is 5.91 Å². The van der Waals surface area contributed by atoms with Gasteiger partial charge in [-0.15, -0.1) is 0 Å². The Morgan fingerprint density at radius 1 is 1.33 bits per heavy atom. The Morgan fingerprint density at radius 3 is 2.74 bits per heavy atom. The lowest BCUT2D eigenvalue weighted by atomic mass is 10.0. The Kier molecular flexibility index (Phi) is 7.00. The highest BCUT2D eigenvalue weighted by Crippen LogP contribution is 2.17. The fraction of sp³-hybridized carbons (Fsp3) is 0.350. The summed E-state index contributed by atoms with van der Waals surface area (Å²) in [5.74, 6) is -1.69. The van der Waals surface area contributed by atoms with Crippen LogP contribution >= 0.6 is 0 Å². The fourth-order valence-corrected chi connectivity index (χ4v) is 2.80. The number of fused-ring (bicyclic) bond motifs is 1. The molecule has 1 atom stereocenters. The molecule has 1 heterocycles. The Hall–Kier alpha value is -3.27. The summed E-state index contributed by atoms with van der Waals surface area (Å²) in [6, 6.07) is 8.77. The van der Waals surface area contributed by atoms with Crippen LogP contribution in [0, 0.1) is 17.2 Å². The Morgan fingerprint density at radius 2 is 2.07 bits per heavy atom. The predicted molar refractivity (Wildman–Crippen MR) is 103 cm³/mol. The van der Waals surface area contributed by atoms with Crippen LogP contribution < -0.4 is 10.6 Å². The summed E-state index contributed by atoms with van der Waals surface area (Å²) in [6.45, 7) is 4.28. The number of hydrogen-bond donors (Lipinski definition) is 4. The number of nitriles is 1. The molecule has 0 saturated carbocycles. The lowest BCUT2D eigenvalue weighted by Crippen LogP contribution is -2.42. The first-order valence-electron chi connectivity index (χ1n) is 8.84. The number of carbonyl (C=O) groups excluding carboxylic acids is 1. The van der Waals surface area contributed by atoms with Crippen molar-refractivity contribution < 1.29 is 14.7 Å². The summed E-state index contributed by atoms with van der Waals surface area (Å²) < 4.78 is 0. The van der Waals surface area contributed by atoms with Crippen LogP contribution in [-0.4, -0.2) is 34.6 Å². The van der Waals surface area contributed by atoms with Crippen molar-refractivity contribution in [1.29, 1.82) is 5.26 Å². The molecular weight excluding hydrogens is 344 g/mol. The number of aliphatic carboxylic acids is 1. The van der Waals surface area contributed by atoms with Crippen LogP contribution in [-0.2, 0) is 16.0 Å². The summed E-state index contributed by atoms with van der Waals surface area (Å²) in [7, 11) is 0. The van der Waals surface area contributed by atoms with Gasteiger partial charge in [-0.3, -0.25) is 4.79 Å². The van der Waals surface area contributed by atoms with E-state index in [1.54, 1.807) is 0 Å². The average molecular weight is 368 g/mol. The van der Waals surface area contributed by atoms with Crippen molar-refractivity contribution >= 4 is 22.8 Å². The lowest BCUT2D eigenvalue weighted by Gasteiger charge is -2.16. The highest BCUT2D eigenvalue weighted by Gasteiger charge is 2.22. The van der Waals surface area contributed by atoms with Gasteiger partial charge in [-0.25, -0.2) is 4.79 Å². The van der Waals surface area contributed by atoms with Gasteiger partial charge in [-0.05, 0) is 30.4 Å². The maximum atomic E-state index is 12.2. The molecule has 2 rings (SSSR count). The van der Waals surface area contributed by atoms with E-state index in [1.165, 1.54) is 6.20 Å². The van der Waals surface area contributed by atoms with E-state index in [4.69, 9.17) is 0 Å². The Bertz CT molecular complexity index is 877. The molecule has 0 saturated heterocycles. The quantitative estimate of drug-likeness (QED) is 0.308. The monoisotopic (exact) mass is 368 g/mol. The third-order valence-corrected chi connectivity index (χ3v) is 4.14. The van der Waals surface area contributed by atoms with E-state index in [2.05, 4.69) is 15.6 Å². The van der Waals surface area contributed by atoms with E-state index in [1.807, 2.05) is 50.4 Å². The van der Waals surface area contributed by atoms with Crippen molar-refractivity contribution in [3.63, 3.8) is 0 Å². The van der Waals surface area contributed by atoms with Crippen LogP contribution in [0.3, 0.4) is 0 Å². The number of benzene rings is 1. The normalized spacial score (nSPS) is 12.6. The standard InChI is InChI=1S/C20H24N4O3/c1-13(2)9-18(20(26)27)24-19(25)15(10-21)11-22-8-7-14-12-23-17-6-4-3-5-16(14)17/h3-6,11-13,18,22-23H,7-9H2,1-2H3,(H,24,25)(H,26,27)/b15-11-. The molecule has 2 aromatic rings. The molecule has 0 fully saturated rings.